The van der Waals surface area contributed by atoms with Crippen LogP contribution in [0, 0.1) is 6.92 Å². The second kappa shape index (κ2) is 4.75. The van der Waals surface area contributed by atoms with E-state index in [1.54, 1.807) is 33.1 Å². The third-order valence-corrected chi connectivity index (χ3v) is 2.74. The third kappa shape index (κ3) is 3.74. The van der Waals surface area contributed by atoms with Crippen molar-refractivity contribution in [3.05, 3.63) is 15.8 Å². The van der Waals surface area contributed by atoms with Crippen molar-refractivity contribution in [1.29, 1.82) is 0 Å². The Hall–Kier alpha value is -1.56. The zero-order chi connectivity index (χ0) is 13.2. The lowest BCUT2D eigenvalue weighted by Crippen LogP contribution is -2.27. The fraction of sp³-hybridized carbons (Fsp3) is 0.455. The summed E-state index contributed by atoms with van der Waals surface area (Å²) >= 11 is 1.27. The molecule has 0 aliphatic heterocycles. The molecule has 1 rings (SSSR count). The number of aryl methyl sites for hydroxylation is 1. The van der Waals surface area contributed by atoms with E-state index >= 15 is 0 Å². The number of hydrogen-bond acceptors (Lipinski definition) is 4. The highest BCUT2D eigenvalue weighted by atomic mass is 32.1. The van der Waals surface area contributed by atoms with Gasteiger partial charge in [0.05, 0.1) is 11.3 Å². The Bertz CT molecular complexity index is 445. The molecule has 0 fully saturated rings. The van der Waals surface area contributed by atoms with Crippen LogP contribution in [-0.4, -0.2) is 22.8 Å². The molecule has 0 radical (unpaired) electrons. The van der Waals surface area contributed by atoms with E-state index in [4.69, 9.17) is 9.84 Å². The summed E-state index contributed by atoms with van der Waals surface area (Å²) in [6.07, 6.45) is -0.655. The second-order valence-corrected chi connectivity index (χ2v) is 5.60. The monoisotopic (exact) mass is 257 g/mol. The number of carboxylic acid groups (broad SMARTS) is 1. The van der Waals surface area contributed by atoms with Gasteiger partial charge in [0.15, 0.2) is 0 Å². The van der Waals surface area contributed by atoms with Gasteiger partial charge in [-0.2, -0.15) is 0 Å². The molecule has 94 valence electrons. The summed E-state index contributed by atoms with van der Waals surface area (Å²) in [5.74, 6) is -1.06. The number of thiophene rings is 1. The summed E-state index contributed by atoms with van der Waals surface area (Å²) < 4.78 is 5.05. The Labute approximate surface area is 103 Å². The van der Waals surface area contributed by atoms with E-state index in [1.807, 2.05) is 0 Å². The van der Waals surface area contributed by atoms with Crippen molar-refractivity contribution in [2.75, 3.05) is 5.32 Å². The highest BCUT2D eigenvalue weighted by Gasteiger charge is 2.20. The predicted molar refractivity (Wildman–Crippen MR) is 65.9 cm³/mol. The van der Waals surface area contributed by atoms with Crippen LogP contribution in [0.1, 0.15) is 36.0 Å². The van der Waals surface area contributed by atoms with Gasteiger partial charge in [-0.1, -0.05) is 0 Å². The minimum absolute atomic E-state index is 0.112. The molecular formula is C11H15NO4S. The van der Waals surface area contributed by atoms with E-state index in [0.717, 1.165) is 0 Å². The molecule has 0 aliphatic carbocycles. The van der Waals surface area contributed by atoms with Crippen LogP contribution in [-0.2, 0) is 4.74 Å². The van der Waals surface area contributed by atoms with Crippen LogP contribution in [0.25, 0.3) is 0 Å². The summed E-state index contributed by atoms with van der Waals surface area (Å²) in [4.78, 5) is 23.1. The highest BCUT2D eigenvalue weighted by molar-refractivity contribution is 7.10. The molecule has 0 aromatic carbocycles. The fourth-order valence-corrected chi connectivity index (χ4v) is 2.01. The van der Waals surface area contributed by atoms with E-state index in [9.17, 15) is 9.59 Å². The first-order chi connectivity index (χ1) is 7.70. The number of carbonyl (C=O) groups excluding carboxylic acids is 1. The van der Waals surface area contributed by atoms with Crippen molar-refractivity contribution in [2.24, 2.45) is 0 Å². The quantitative estimate of drug-likeness (QED) is 0.853. The Balaban J connectivity index is 2.83. The van der Waals surface area contributed by atoms with Crippen molar-refractivity contribution >= 4 is 29.1 Å². The predicted octanol–water partition coefficient (Wildman–Crippen LogP) is 3.10. The Kier molecular flexibility index (Phi) is 3.77. The Morgan fingerprint density at radius 2 is 2.00 bits per heavy atom. The lowest BCUT2D eigenvalue weighted by atomic mass is 10.2. The summed E-state index contributed by atoms with van der Waals surface area (Å²) in [5, 5.41) is 13.0. The third-order valence-electron chi connectivity index (χ3n) is 1.82. The topological polar surface area (TPSA) is 75.6 Å². The molecule has 0 spiro atoms. The maximum Gasteiger partial charge on any atom is 0.412 e. The number of rotatable bonds is 2. The van der Waals surface area contributed by atoms with Gasteiger partial charge in [-0.3, -0.25) is 5.32 Å². The molecule has 17 heavy (non-hydrogen) atoms. The van der Waals surface area contributed by atoms with E-state index in [1.165, 1.54) is 11.3 Å². The van der Waals surface area contributed by atoms with Crippen LogP contribution in [0.2, 0.25) is 0 Å². The van der Waals surface area contributed by atoms with Gasteiger partial charge in [0.25, 0.3) is 0 Å². The minimum Gasteiger partial charge on any atom is -0.478 e. The molecule has 1 aromatic rings. The van der Waals surface area contributed by atoms with Gasteiger partial charge in [-0.15, -0.1) is 11.3 Å². The number of amides is 1. The summed E-state index contributed by atoms with van der Waals surface area (Å²) in [7, 11) is 0. The smallest absolute Gasteiger partial charge is 0.412 e. The van der Waals surface area contributed by atoms with Gasteiger partial charge in [-0.25, -0.2) is 9.59 Å². The maximum atomic E-state index is 11.5. The van der Waals surface area contributed by atoms with E-state index < -0.39 is 17.7 Å². The average molecular weight is 257 g/mol. The lowest BCUT2D eigenvalue weighted by molar-refractivity contribution is 0.0636. The fourth-order valence-electron chi connectivity index (χ4n) is 1.23. The number of anilines is 1. The van der Waals surface area contributed by atoms with E-state index in [0.29, 0.717) is 4.88 Å². The summed E-state index contributed by atoms with van der Waals surface area (Å²) in [6, 6.07) is 0. The normalized spacial score (nSPS) is 11.1. The van der Waals surface area contributed by atoms with E-state index in [-0.39, 0.29) is 11.3 Å². The number of hydrogen-bond donors (Lipinski definition) is 2. The van der Waals surface area contributed by atoms with Gasteiger partial charge < -0.3 is 9.84 Å². The van der Waals surface area contributed by atoms with Crippen LogP contribution in [0.5, 0.6) is 0 Å². The minimum atomic E-state index is -1.06. The summed E-state index contributed by atoms with van der Waals surface area (Å²) in [5.41, 5.74) is -0.228. The highest BCUT2D eigenvalue weighted by Crippen LogP contribution is 2.27. The molecule has 0 atom stereocenters. The van der Waals surface area contributed by atoms with Crippen molar-refractivity contribution < 1.29 is 19.4 Å². The molecule has 1 amide bonds. The Morgan fingerprint density at radius 3 is 2.47 bits per heavy atom. The molecule has 0 unspecified atom stereocenters. The van der Waals surface area contributed by atoms with Gasteiger partial charge in [-0.05, 0) is 27.7 Å². The second-order valence-electron chi connectivity index (χ2n) is 4.51. The molecule has 1 aromatic heterocycles. The molecule has 2 N–H and O–H groups in total. The molecular weight excluding hydrogens is 242 g/mol. The lowest BCUT2D eigenvalue weighted by Gasteiger charge is -2.19. The first kappa shape index (κ1) is 13.5. The molecule has 0 bridgehead atoms. The van der Waals surface area contributed by atoms with Crippen molar-refractivity contribution in [3.63, 3.8) is 0 Å². The maximum absolute atomic E-state index is 11.5. The number of aromatic carboxylic acids is 1. The van der Waals surface area contributed by atoms with Crippen LogP contribution in [0.3, 0.4) is 0 Å². The van der Waals surface area contributed by atoms with Crippen molar-refractivity contribution in [2.45, 2.75) is 33.3 Å². The molecule has 5 nitrogen and oxygen atoms in total. The Morgan fingerprint density at radius 1 is 1.41 bits per heavy atom. The largest absolute Gasteiger partial charge is 0.478 e. The first-order valence-electron chi connectivity index (χ1n) is 5.02. The zero-order valence-electron chi connectivity index (χ0n) is 10.2. The molecule has 0 aliphatic rings. The van der Waals surface area contributed by atoms with Gasteiger partial charge in [0.1, 0.15) is 5.60 Å². The van der Waals surface area contributed by atoms with Crippen molar-refractivity contribution in [3.8, 4) is 0 Å². The van der Waals surface area contributed by atoms with Crippen molar-refractivity contribution in [1.82, 2.24) is 0 Å². The van der Waals surface area contributed by atoms with Crippen LogP contribution < -0.4 is 5.32 Å². The number of carboxylic acids is 1. The number of carbonyl (C=O) groups is 2. The molecule has 6 heteroatoms. The van der Waals surface area contributed by atoms with Gasteiger partial charge >= 0.3 is 12.1 Å². The number of ether oxygens (including phenoxy) is 1. The van der Waals surface area contributed by atoms with Crippen LogP contribution >= 0.6 is 11.3 Å². The average Bonchev–Trinajstić information content (AvgIpc) is 2.42. The van der Waals surface area contributed by atoms with Gasteiger partial charge in [0, 0.05) is 10.3 Å². The van der Waals surface area contributed by atoms with E-state index in [2.05, 4.69) is 5.32 Å². The number of nitrogens with one attached hydrogen (secondary N) is 1. The zero-order valence-corrected chi connectivity index (χ0v) is 11.0. The SMILES string of the molecule is Cc1scc(NC(=O)OC(C)(C)C)c1C(=O)O. The first-order valence-corrected chi connectivity index (χ1v) is 5.90. The molecule has 0 saturated carbocycles. The summed E-state index contributed by atoms with van der Waals surface area (Å²) in [6.45, 7) is 6.91. The standard InChI is InChI=1S/C11H15NO4S/c1-6-8(9(13)14)7(5-17-6)12-10(15)16-11(2,3)4/h5H,1-4H3,(H,12,15)(H,13,14). The molecule has 1 heterocycles. The van der Waals surface area contributed by atoms with Crippen LogP contribution in [0.15, 0.2) is 5.38 Å². The van der Waals surface area contributed by atoms with Crippen LogP contribution in [0.4, 0.5) is 10.5 Å². The van der Waals surface area contributed by atoms with Gasteiger partial charge in [0.2, 0.25) is 0 Å². The molecule has 0 saturated heterocycles.